The summed E-state index contributed by atoms with van der Waals surface area (Å²) < 4.78 is 12.0. The lowest BCUT2D eigenvalue weighted by Gasteiger charge is -2.37. The predicted molar refractivity (Wildman–Crippen MR) is 86.8 cm³/mol. The van der Waals surface area contributed by atoms with Crippen LogP contribution in [0.4, 0.5) is 0 Å². The minimum absolute atomic E-state index is 0.115. The first-order valence-corrected chi connectivity index (χ1v) is 8.05. The minimum atomic E-state index is 0.115. The van der Waals surface area contributed by atoms with Gasteiger partial charge in [-0.2, -0.15) is 0 Å². The summed E-state index contributed by atoms with van der Waals surface area (Å²) in [4.78, 5) is 0. The van der Waals surface area contributed by atoms with Crippen LogP contribution in [0.25, 0.3) is 0 Å². The largest absolute Gasteiger partial charge is 0.380 e. The van der Waals surface area contributed by atoms with Crippen LogP contribution in [0.2, 0.25) is 0 Å². The van der Waals surface area contributed by atoms with Crippen LogP contribution >= 0.6 is 0 Å². The molecule has 0 aliphatic carbocycles. The molecule has 0 aromatic heterocycles. The Balaban J connectivity index is 1.65. The van der Waals surface area contributed by atoms with Gasteiger partial charge in [0, 0.05) is 10.8 Å². The van der Waals surface area contributed by atoms with E-state index in [1.807, 2.05) is 0 Å². The highest BCUT2D eigenvalue weighted by atomic mass is 16.5. The molecule has 0 atom stereocenters. The zero-order chi connectivity index (χ0) is 14.9. The van der Waals surface area contributed by atoms with E-state index in [2.05, 4.69) is 60.7 Å². The fourth-order valence-electron chi connectivity index (χ4n) is 4.13. The molecule has 2 aliphatic heterocycles. The molecule has 0 saturated carbocycles. The van der Waals surface area contributed by atoms with Gasteiger partial charge in [0.2, 0.25) is 0 Å². The first-order chi connectivity index (χ1) is 10.8. The van der Waals surface area contributed by atoms with E-state index in [0.29, 0.717) is 0 Å². The predicted octanol–water partition coefficient (Wildman–Crippen LogP) is 3.51. The average Bonchev–Trinajstić information content (AvgIpc) is 3.03. The van der Waals surface area contributed by atoms with Crippen molar-refractivity contribution in [2.24, 2.45) is 10.8 Å². The highest BCUT2D eigenvalue weighted by Crippen LogP contribution is 2.53. The summed E-state index contributed by atoms with van der Waals surface area (Å²) in [6, 6.07) is 21.5. The van der Waals surface area contributed by atoms with Gasteiger partial charge in [-0.25, -0.2) is 0 Å². The molecule has 22 heavy (non-hydrogen) atoms. The van der Waals surface area contributed by atoms with E-state index in [1.165, 1.54) is 11.1 Å². The maximum atomic E-state index is 5.98. The number of hydrogen-bond acceptors (Lipinski definition) is 2. The van der Waals surface area contributed by atoms with Crippen molar-refractivity contribution in [1.82, 2.24) is 0 Å². The van der Waals surface area contributed by atoms with Gasteiger partial charge in [0.1, 0.15) is 0 Å². The first-order valence-electron chi connectivity index (χ1n) is 8.05. The first kappa shape index (κ1) is 14.0. The third-order valence-corrected chi connectivity index (χ3v) is 5.41. The summed E-state index contributed by atoms with van der Waals surface area (Å²) in [5.74, 6) is 0. The fraction of sp³-hybridized carbons (Fsp3) is 0.400. The molecule has 2 aliphatic rings. The summed E-state index contributed by atoms with van der Waals surface area (Å²) in [5.41, 5.74) is 3.00. The number of benzene rings is 2. The zero-order valence-electron chi connectivity index (χ0n) is 12.8. The van der Waals surface area contributed by atoms with Gasteiger partial charge in [-0.3, -0.25) is 0 Å². The molecule has 2 aromatic carbocycles. The van der Waals surface area contributed by atoms with Crippen LogP contribution in [-0.4, -0.2) is 26.4 Å². The lowest BCUT2D eigenvalue weighted by atomic mass is 9.62. The van der Waals surface area contributed by atoms with Crippen molar-refractivity contribution in [3.63, 3.8) is 0 Å². The highest BCUT2D eigenvalue weighted by Gasteiger charge is 2.59. The second-order valence-corrected chi connectivity index (χ2v) is 6.87. The fourth-order valence-corrected chi connectivity index (χ4v) is 4.13. The molecule has 2 fully saturated rings. The molecule has 2 heterocycles. The van der Waals surface area contributed by atoms with Gasteiger partial charge >= 0.3 is 0 Å². The Bertz CT molecular complexity index is 555. The molecule has 114 valence electrons. The maximum Gasteiger partial charge on any atom is 0.0555 e. The Kier molecular flexibility index (Phi) is 3.51. The Morgan fingerprint density at radius 2 is 0.955 bits per heavy atom. The molecular weight excluding hydrogens is 272 g/mol. The van der Waals surface area contributed by atoms with Gasteiger partial charge in [-0.1, -0.05) is 60.7 Å². The summed E-state index contributed by atoms with van der Waals surface area (Å²) in [5, 5.41) is 0. The third kappa shape index (κ3) is 2.27. The van der Waals surface area contributed by atoms with Crippen LogP contribution in [0.15, 0.2) is 60.7 Å². The number of ether oxygens (including phenoxy) is 2. The molecule has 0 bridgehead atoms. The molecular formula is C20H22O2. The number of rotatable bonds is 4. The van der Waals surface area contributed by atoms with Crippen molar-refractivity contribution >= 4 is 0 Å². The van der Waals surface area contributed by atoms with Crippen LogP contribution < -0.4 is 0 Å². The SMILES string of the molecule is c1ccc(CC23COCC2(Cc2ccccc2)COC3)cc1. The van der Waals surface area contributed by atoms with Gasteiger partial charge in [0.05, 0.1) is 26.4 Å². The van der Waals surface area contributed by atoms with E-state index in [-0.39, 0.29) is 10.8 Å². The molecule has 0 N–H and O–H groups in total. The van der Waals surface area contributed by atoms with Gasteiger partial charge in [-0.15, -0.1) is 0 Å². The molecule has 4 rings (SSSR count). The highest BCUT2D eigenvalue weighted by molar-refractivity contribution is 5.24. The lowest BCUT2D eigenvalue weighted by Crippen LogP contribution is -2.43. The Morgan fingerprint density at radius 3 is 1.32 bits per heavy atom. The molecule has 2 aromatic rings. The van der Waals surface area contributed by atoms with E-state index in [1.54, 1.807) is 0 Å². The monoisotopic (exact) mass is 294 g/mol. The lowest BCUT2D eigenvalue weighted by molar-refractivity contribution is 0.0765. The van der Waals surface area contributed by atoms with E-state index in [4.69, 9.17) is 9.47 Å². The van der Waals surface area contributed by atoms with Gasteiger partial charge < -0.3 is 9.47 Å². The van der Waals surface area contributed by atoms with Crippen LogP contribution in [0.5, 0.6) is 0 Å². The van der Waals surface area contributed by atoms with Gasteiger partial charge in [0.15, 0.2) is 0 Å². The van der Waals surface area contributed by atoms with Crippen LogP contribution in [0, 0.1) is 10.8 Å². The van der Waals surface area contributed by atoms with E-state index < -0.39 is 0 Å². The number of fused-ring (bicyclic) bond motifs is 1. The van der Waals surface area contributed by atoms with E-state index in [0.717, 1.165) is 39.3 Å². The topological polar surface area (TPSA) is 18.5 Å². The second kappa shape index (κ2) is 5.53. The van der Waals surface area contributed by atoms with E-state index >= 15 is 0 Å². The summed E-state index contributed by atoms with van der Waals surface area (Å²) in [6.45, 7) is 3.26. The van der Waals surface area contributed by atoms with Crippen LogP contribution in [0.1, 0.15) is 11.1 Å². The van der Waals surface area contributed by atoms with Crippen molar-refractivity contribution in [2.75, 3.05) is 26.4 Å². The normalized spacial score (nSPS) is 30.4. The smallest absolute Gasteiger partial charge is 0.0555 e. The van der Waals surface area contributed by atoms with Crippen molar-refractivity contribution < 1.29 is 9.47 Å². The van der Waals surface area contributed by atoms with Crippen LogP contribution in [-0.2, 0) is 22.3 Å². The summed E-state index contributed by atoms with van der Waals surface area (Å²) in [7, 11) is 0. The van der Waals surface area contributed by atoms with Crippen molar-refractivity contribution in [3.05, 3.63) is 71.8 Å². The molecule has 0 spiro atoms. The van der Waals surface area contributed by atoms with E-state index in [9.17, 15) is 0 Å². The Morgan fingerprint density at radius 1 is 0.591 bits per heavy atom. The molecule has 0 unspecified atom stereocenters. The van der Waals surface area contributed by atoms with Crippen LogP contribution in [0.3, 0.4) is 0 Å². The standard InChI is InChI=1S/C20H22O2/c1-3-7-17(8-4-1)11-19-13-21-15-20(19,16-22-14-19)12-18-9-5-2-6-10-18/h1-10H,11-16H2. The third-order valence-electron chi connectivity index (χ3n) is 5.41. The second-order valence-electron chi connectivity index (χ2n) is 6.87. The zero-order valence-corrected chi connectivity index (χ0v) is 12.8. The number of hydrogen-bond donors (Lipinski definition) is 0. The van der Waals surface area contributed by atoms with Crippen molar-refractivity contribution in [2.45, 2.75) is 12.8 Å². The molecule has 0 amide bonds. The minimum Gasteiger partial charge on any atom is -0.380 e. The quantitative estimate of drug-likeness (QED) is 0.859. The van der Waals surface area contributed by atoms with Gasteiger partial charge in [0.25, 0.3) is 0 Å². The Hall–Kier alpha value is -1.64. The van der Waals surface area contributed by atoms with Gasteiger partial charge in [-0.05, 0) is 24.0 Å². The Labute approximate surface area is 132 Å². The summed E-state index contributed by atoms with van der Waals surface area (Å²) in [6.07, 6.45) is 2.08. The molecule has 2 saturated heterocycles. The maximum absolute atomic E-state index is 5.98. The molecule has 0 radical (unpaired) electrons. The van der Waals surface area contributed by atoms with Crippen molar-refractivity contribution in [3.8, 4) is 0 Å². The van der Waals surface area contributed by atoms with Crippen molar-refractivity contribution in [1.29, 1.82) is 0 Å². The average molecular weight is 294 g/mol. The summed E-state index contributed by atoms with van der Waals surface area (Å²) >= 11 is 0. The molecule has 2 nitrogen and oxygen atoms in total. The molecule has 2 heteroatoms.